The predicted molar refractivity (Wildman–Crippen MR) is 81.5 cm³/mol. The molecule has 23 heavy (non-hydrogen) atoms. The van der Waals surface area contributed by atoms with E-state index in [1.54, 1.807) is 19.1 Å². The summed E-state index contributed by atoms with van der Waals surface area (Å²) in [5, 5.41) is 4.40. The van der Waals surface area contributed by atoms with Gasteiger partial charge in [-0.2, -0.15) is 0 Å². The van der Waals surface area contributed by atoms with Crippen molar-refractivity contribution < 1.29 is 23.5 Å². The standard InChI is InChI=1S/C16H16ClNO5/c1-3-13-14(9(2)23-18-13)16(19)21-7-11-5-12(17)4-10-6-20-8-22-15(10)11/h4-5H,3,6-8H2,1-2H3. The van der Waals surface area contributed by atoms with Gasteiger partial charge in [-0.1, -0.05) is 23.7 Å². The van der Waals surface area contributed by atoms with Gasteiger partial charge in [0.15, 0.2) is 6.79 Å². The molecule has 0 fully saturated rings. The minimum absolute atomic E-state index is 0.0511. The van der Waals surface area contributed by atoms with Crippen molar-refractivity contribution in [1.29, 1.82) is 0 Å². The molecule has 0 atom stereocenters. The molecular formula is C16H16ClNO5. The van der Waals surface area contributed by atoms with Crippen LogP contribution in [0.3, 0.4) is 0 Å². The molecule has 3 rings (SSSR count). The van der Waals surface area contributed by atoms with E-state index in [1.807, 2.05) is 6.92 Å². The quantitative estimate of drug-likeness (QED) is 0.796. The van der Waals surface area contributed by atoms with Gasteiger partial charge in [0.1, 0.15) is 23.7 Å². The third-order valence-corrected chi connectivity index (χ3v) is 3.80. The number of aryl methyl sites for hydroxylation is 2. The molecule has 0 aliphatic carbocycles. The molecule has 0 unspecified atom stereocenters. The number of esters is 1. The molecule has 2 aromatic rings. The summed E-state index contributed by atoms with van der Waals surface area (Å²) in [6.45, 7) is 4.22. The lowest BCUT2D eigenvalue weighted by Crippen LogP contribution is -2.15. The highest BCUT2D eigenvalue weighted by atomic mass is 35.5. The highest BCUT2D eigenvalue weighted by molar-refractivity contribution is 6.30. The largest absolute Gasteiger partial charge is 0.467 e. The number of halogens is 1. The van der Waals surface area contributed by atoms with Gasteiger partial charge in [-0.3, -0.25) is 0 Å². The molecule has 0 N–H and O–H groups in total. The number of hydrogen-bond donors (Lipinski definition) is 0. The fraction of sp³-hybridized carbons (Fsp3) is 0.375. The van der Waals surface area contributed by atoms with E-state index < -0.39 is 5.97 Å². The van der Waals surface area contributed by atoms with Crippen LogP contribution in [-0.2, 0) is 29.1 Å². The van der Waals surface area contributed by atoms with E-state index in [-0.39, 0.29) is 13.4 Å². The zero-order valence-corrected chi connectivity index (χ0v) is 13.6. The van der Waals surface area contributed by atoms with Crippen LogP contribution in [0.4, 0.5) is 0 Å². The fourth-order valence-corrected chi connectivity index (χ4v) is 2.76. The van der Waals surface area contributed by atoms with Crippen LogP contribution in [0.5, 0.6) is 5.75 Å². The first kappa shape index (κ1) is 15.8. The van der Waals surface area contributed by atoms with Crippen LogP contribution in [0.1, 0.15) is 39.9 Å². The summed E-state index contributed by atoms with van der Waals surface area (Å²) < 4.78 is 21.2. The van der Waals surface area contributed by atoms with Gasteiger partial charge in [-0.05, 0) is 25.5 Å². The van der Waals surface area contributed by atoms with E-state index in [0.717, 1.165) is 5.56 Å². The second kappa shape index (κ2) is 6.60. The maximum atomic E-state index is 12.3. The average molecular weight is 338 g/mol. The predicted octanol–water partition coefficient (Wildman–Crippen LogP) is 3.42. The number of carbonyl (C=O) groups excluding carboxylic acids is 1. The summed E-state index contributed by atoms with van der Waals surface area (Å²) in [6.07, 6.45) is 0.592. The van der Waals surface area contributed by atoms with Crippen molar-refractivity contribution in [1.82, 2.24) is 5.16 Å². The Morgan fingerprint density at radius 2 is 2.26 bits per heavy atom. The van der Waals surface area contributed by atoms with Crippen LogP contribution < -0.4 is 4.74 Å². The lowest BCUT2D eigenvalue weighted by Gasteiger charge is -2.21. The SMILES string of the molecule is CCc1noc(C)c1C(=O)OCc1cc(Cl)cc2c1OCOC2. The first-order valence-electron chi connectivity index (χ1n) is 7.24. The van der Waals surface area contributed by atoms with E-state index in [0.29, 0.717) is 46.4 Å². The highest BCUT2D eigenvalue weighted by Gasteiger charge is 2.22. The number of ether oxygens (including phenoxy) is 3. The van der Waals surface area contributed by atoms with Gasteiger partial charge in [0.2, 0.25) is 0 Å². The first-order valence-corrected chi connectivity index (χ1v) is 7.62. The molecule has 7 heteroatoms. The Labute approximate surface area is 138 Å². The van der Waals surface area contributed by atoms with Gasteiger partial charge in [0, 0.05) is 16.1 Å². The van der Waals surface area contributed by atoms with E-state index in [1.165, 1.54) is 0 Å². The average Bonchev–Trinajstić information content (AvgIpc) is 2.93. The van der Waals surface area contributed by atoms with Crippen molar-refractivity contribution >= 4 is 17.6 Å². The van der Waals surface area contributed by atoms with Crippen LogP contribution in [0.15, 0.2) is 16.7 Å². The lowest BCUT2D eigenvalue weighted by molar-refractivity contribution is -0.0180. The summed E-state index contributed by atoms with van der Waals surface area (Å²) in [6, 6.07) is 3.50. The second-order valence-electron chi connectivity index (χ2n) is 5.15. The number of benzene rings is 1. The number of carbonyl (C=O) groups is 1. The van der Waals surface area contributed by atoms with Crippen LogP contribution in [0.2, 0.25) is 5.02 Å². The number of aromatic nitrogens is 1. The smallest absolute Gasteiger partial charge is 0.344 e. The minimum Gasteiger partial charge on any atom is -0.467 e. The number of rotatable bonds is 4. The minimum atomic E-state index is -0.471. The Bertz CT molecular complexity index is 740. The van der Waals surface area contributed by atoms with Gasteiger partial charge >= 0.3 is 5.97 Å². The normalized spacial score (nSPS) is 13.3. The zero-order valence-electron chi connectivity index (χ0n) is 12.8. The summed E-state index contributed by atoms with van der Waals surface area (Å²) in [5.41, 5.74) is 2.51. The van der Waals surface area contributed by atoms with Crippen molar-refractivity contribution in [3.05, 3.63) is 45.3 Å². The van der Waals surface area contributed by atoms with E-state index in [4.69, 9.17) is 30.3 Å². The Hall–Kier alpha value is -2.05. The number of fused-ring (bicyclic) bond motifs is 1. The molecule has 0 saturated heterocycles. The van der Waals surface area contributed by atoms with Crippen LogP contribution in [0, 0.1) is 6.92 Å². The van der Waals surface area contributed by atoms with Gasteiger partial charge < -0.3 is 18.7 Å². The van der Waals surface area contributed by atoms with Crippen molar-refractivity contribution in [2.45, 2.75) is 33.5 Å². The molecule has 0 saturated carbocycles. The Kier molecular flexibility index (Phi) is 4.54. The molecular weight excluding hydrogens is 322 g/mol. The monoisotopic (exact) mass is 337 g/mol. The highest BCUT2D eigenvalue weighted by Crippen LogP contribution is 2.32. The molecule has 1 aliphatic heterocycles. The second-order valence-corrected chi connectivity index (χ2v) is 5.59. The molecule has 0 bridgehead atoms. The molecule has 1 aromatic heterocycles. The third-order valence-electron chi connectivity index (χ3n) is 3.58. The zero-order chi connectivity index (χ0) is 16.4. The third kappa shape index (κ3) is 3.18. The molecule has 6 nitrogen and oxygen atoms in total. The number of nitrogens with zero attached hydrogens (tertiary/aromatic N) is 1. The summed E-state index contributed by atoms with van der Waals surface area (Å²) in [7, 11) is 0. The molecule has 2 heterocycles. The van der Waals surface area contributed by atoms with Crippen LogP contribution in [0.25, 0.3) is 0 Å². The van der Waals surface area contributed by atoms with Crippen molar-refractivity contribution in [3.8, 4) is 5.75 Å². The van der Waals surface area contributed by atoms with Crippen molar-refractivity contribution in [2.75, 3.05) is 6.79 Å². The Morgan fingerprint density at radius 3 is 3.04 bits per heavy atom. The van der Waals surface area contributed by atoms with Gasteiger partial charge in [-0.25, -0.2) is 4.79 Å². The van der Waals surface area contributed by atoms with Crippen molar-refractivity contribution in [2.24, 2.45) is 0 Å². The molecule has 1 aromatic carbocycles. The van der Waals surface area contributed by atoms with Crippen LogP contribution in [-0.4, -0.2) is 17.9 Å². The molecule has 0 spiro atoms. The number of hydrogen-bond acceptors (Lipinski definition) is 6. The van der Waals surface area contributed by atoms with Crippen LogP contribution >= 0.6 is 11.6 Å². The fourth-order valence-electron chi connectivity index (χ4n) is 2.50. The van der Waals surface area contributed by atoms with E-state index >= 15 is 0 Å². The summed E-state index contributed by atoms with van der Waals surface area (Å²) >= 11 is 6.09. The molecule has 122 valence electrons. The van der Waals surface area contributed by atoms with E-state index in [2.05, 4.69) is 5.16 Å². The van der Waals surface area contributed by atoms with E-state index in [9.17, 15) is 4.79 Å². The summed E-state index contributed by atoms with van der Waals surface area (Å²) in [5.74, 6) is 0.636. The van der Waals surface area contributed by atoms with Gasteiger partial charge in [-0.15, -0.1) is 0 Å². The maximum Gasteiger partial charge on any atom is 0.344 e. The molecule has 0 amide bonds. The lowest BCUT2D eigenvalue weighted by atomic mass is 10.1. The molecule has 0 radical (unpaired) electrons. The molecule has 1 aliphatic rings. The summed E-state index contributed by atoms with van der Waals surface area (Å²) in [4.78, 5) is 12.3. The Balaban J connectivity index is 1.79. The first-order chi connectivity index (χ1) is 11.1. The van der Waals surface area contributed by atoms with Gasteiger partial charge in [0.05, 0.1) is 12.3 Å². The van der Waals surface area contributed by atoms with Gasteiger partial charge in [0.25, 0.3) is 0 Å². The Morgan fingerprint density at radius 1 is 1.43 bits per heavy atom. The van der Waals surface area contributed by atoms with Crippen molar-refractivity contribution in [3.63, 3.8) is 0 Å². The topological polar surface area (TPSA) is 70.8 Å². The maximum absolute atomic E-state index is 12.3.